The van der Waals surface area contributed by atoms with E-state index in [0.29, 0.717) is 0 Å². The standard InChI is InChI=1S/C34H25N5/c1-24-37-32-30(21-12-22-31(32)38(24)27-17-9-4-10-18-27)34-35-23-36-39(34)33-28(25-13-5-2-6-14-25)19-11-20-29(33)26-15-7-3-8-16-26/h2-23H,1H3. The number of para-hydroxylation sites is 3. The molecule has 0 aliphatic carbocycles. The van der Waals surface area contributed by atoms with Crippen LogP contribution in [0.25, 0.3) is 56.0 Å². The quantitative estimate of drug-likeness (QED) is 0.240. The number of hydrogen-bond donors (Lipinski definition) is 0. The predicted molar refractivity (Wildman–Crippen MR) is 157 cm³/mol. The van der Waals surface area contributed by atoms with Gasteiger partial charge in [-0.05, 0) is 42.3 Å². The van der Waals surface area contributed by atoms with Crippen LogP contribution in [0, 0.1) is 6.92 Å². The van der Waals surface area contributed by atoms with Crippen molar-refractivity contribution in [1.29, 1.82) is 0 Å². The number of nitrogens with zero attached hydrogens (tertiary/aromatic N) is 5. The monoisotopic (exact) mass is 503 g/mol. The summed E-state index contributed by atoms with van der Waals surface area (Å²) in [4.78, 5) is 9.82. The van der Waals surface area contributed by atoms with Gasteiger partial charge in [0.15, 0.2) is 5.82 Å². The molecule has 0 radical (unpaired) electrons. The molecule has 5 nitrogen and oxygen atoms in total. The summed E-state index contributed by atoms with van der Waals surface area (Å²) in [5.41, 5.74) is 9.34. The molecule has 0 spiro atoms. The van der Waals surface area contributed by atoms with E-state index in [1.807, 2.05) is 41.9 Å². The van der Waals surface area contributed by atoms with E-state index >= 15 is 0 Å². The predicted octanol–water partition coefficient (Wildman–Crippen LogP) is 7.92. The summed E-state index contributed by atoms with van der Waals surface area (Å²) in [6.45, 7) is 2.04. The van der Waals surface area contributed by atoms with Crippen molar-refractivity contribution in [2.75, 3.05) is 0 Å². The first-order chi connectivity index (χ1) is 19.3. The fraction of sp³-hybridized carbons (Fsp3) is 0.0294. The van der Waals surface area contributed by atoms with Crippen LogP contribution in [-0.2, 0) is 0 Å². The highest BCUT2D eigenvalue weighted by molar-refractivity contribution is 5.93. The Hall–Kier alpha value is -5.29. The van der Waals surface area contributed by atoms with Gasteiger partial charge in [-0.25, -0.2) is 14.6 Å². The SMILES string of the molecule is Cc1nc2c(-c3ncnn3-c3c(-c4ccccc4)cccc3-c3ccccc3)cccc2n1-c1ccccc1. The van der Waals surface area contributed by atoms with Crippen LogP contribution in [-0.4, -0.2) is 24.3 Å². The van der Waals surface area contributed by atoms with E-state index in [2.05, 4.69) is 102 Å². The van der Waals surface area contributed by atoms with Crippen LogP contribution >= 0.6 is 0 Å². The molecular weight excluding hydrogens is 478 g/mol. The second-order valence-electron chi connectivity index (χ2n) is 9.43. The van der Waals surface area contributed by atoms with Gasteiger partial charge in [-0.15, -0.1) is 0 Å². The van der Waals surface area contributed by atoms with Gasteiger partial charge < -0.3 is 0 Å². The second kappa shape index (κ2) is 9.54. The Bertz CT molecular complexity index is 1840. The molecule has 0 aliphatic heterocycles. The summed E-state index contributed by atoms with van der Waals surface area (Å²) >= 11 is 0. The number of aromatic nitrogens is 5. The van der Waals surface area contributed by atoms with E-state index in [1.165, 1.54) is 0 Å². The van der Waals surface area contributed by atoms with Crippen LogP contribution in [0.15, 0.2) is 134 Å². The molecule has 0 N–H and O–H groups in total. The molecule has 5 heteroatoms. The molecule has 0 saturated heterocycles. The first-order valence-corrected chi connectivity index (χ1v) is 13.0. The average molecular weight is 504 g/mol. The van der Waals surface area contributed by atoms with Gasteiger partial charge in [-0.3, -0.25) is 4.57 Å². The van der Waals surface area contributed by atoms with Crippen molar-refractivity contribution in [2.45, 2.75) is 6.92 Å². The third-order valence-corrected chi connectivity index (χ3v) is 7.07. The van der Waals surface area contributed by atoms with Crippen LogP contribution in [0.5, 0.6) is 0 Å². The topological polar surface area (TPSA) is 48.5 Å². The van der Waals surface area contributed by atoms with Crippen molar-refractivity contribution in [2.24, 2.45) is 0 Å². The van der Waals surface area contributed by atoms with Gasteiger partial charge in [0.25, 0.3) is 0 Å². The highest BCUT2D eigenvalue weighted by Crippen LogP contribution is 2.38. The van der Waals surface area contributed by atoms with Crippen LogP contribution in [0.1, 0.15) is 5.82 Å². The van der Waals surface area contributed by atoms with E-state index in [0.717, 1.165) is 61.9 Å². The third-order valence-electron chi connectivity index (χ3n) is 7.07. The number of aryl methyl sites for hydroxylation is 1. The Morgan fingerprint density at radius 3 is 1.77 bits per heavy atom. The fourth-order valence-electron chi connectivity index (χ4n) is 5.36. The Balaban J connectivity index is 1.49. The van der Waals surface area contributed by atoms with Gasteiger partial charge >= 0.3 is 0 Å². The lowest BCUT2D eigenvalue weighted by Crippen LogP contribution is -2.05. The lowest BCUT2D eigenvalue weighted by molar-refractivity contribution is 0.891. The van der Waals surface area contributed by atoms with Gasteiger partial charge in [-0.2, -0.15) is 5.10 Å². The van der Waals surface area contributed by atoms with E-state index in [4.69, 9.17) is 15.1 Å². The molecule has 0 bridgehead atoms. The molecule has 0 saturated carbocycles. The molecule has 39 heavy (non-hydrogen) atoms. The van der Waals surface area contributed by atoms with Crippen molar-refractivity contribution in [3.63, 3.8) is 0 Å². The molecule has 5 aromatic carbocycles. The van der Waals surface area contributed by atoms with E-state index in [9.17, 15) is 0 Å². The molecule has 2 aromatic heterocycles. The van der Waals surface area contributed by atoms with Gasteiger partial charge in [-0.1, -0.05) is 103 Å². The largest absolute Gasteiger partial charge is 0.297 e. The maximum absolute atomic E-state index is 5.02. The maximum Gasteiger partial charge on any atom is 0.165 e. The zero-order chi connectivity index (χ0) is 26.2. The maximum atomic E-state index is 5.02. The highest BCUT2D eigenvalue weighted by Gasteiger charge is 2.21. The molecule has 186 valence electrons. The number of hydrogen-bond acceptors (Lipinski definition) is 3. The third kappa shape index (κ3) is 3.92. The minimum absolute atomic E-state index is 0.749. The Labute approximate surface area is 226 Å². The normalized spacial score (nSPS) is 11.2. The summed E-state index contributed by atoms with van der Waals surface area (Å²) in [5, 5.41) is 4.80. The molecule has 0 amide bonds. The molecule has 7 aromatic rings. The minimum atomic E-state index is 0.749. The summed E-state index contributed by atoms with van der Waals surface area (Å²) < 4.78 is 4.16. The number of rotatable bonds is 5. The molecule has 7 rings (SSSR count). The molecule has 0 unspecified atom stereocenters. The zero-order valence-electron chi connectivity index (χ0n) is 21.4. The molecule has 2 heterocycles. The van der Waals surface area contributed by atoms with Crippen molar-refractivity contribution in [3.05, 3.63) is 140 Å². The van der Waals surface area contributed by atoms with Gasteiger partial charge in [0.05, 0.1) is 11.2 Å². The van der Waals surface area contributed by atoms with Crippen molar-refractivity contribution in [1.82, 2.24) is 24.3 Å². The van der Waals surface area contributed by atoms with Crippen LogP contribution in [0.2, 0.25) is 0 Å². The first-order valence-electron chi connectivity index (χ1n) is 13.0. The average Bonchev–Trinajstić information content (AvgIpc) is 3.62. The molecule has 0 atom stereocenters. The van der Waals surface area contributed by atoms with E-state index in [-0.39, 0.29) is 0 Å². The van der Waals surface area contributed by atoms with E-state index in [1.54, 1.807) is 6.33 Å². The molecular formula is C34H25N5. The lowest BCUT2D eigenvalue weighted by Gasteiger charge is -2.17. The fourth-order valence-corrected chi connectivity index (χ4v) is 5.36. The second-order valence-corrected chi connectivity index (χ2v) is 9.43. The summed E-state index contributed by atoms with van der Waals surface area (Å²) in [6.07, 6.45) is 1.63. The Morgan fingerprint density at radius 1 is 0.564 bits per heavy atom. The van der Waals surface area contributed by atoms with Gasteiger partial charge in [0, 0.05) is 22.4 Å². The number of imidazole rings is 1. The summed E-state index contributed by atoms with van der Waals surface area (Å²) in [5.74, 6) is 1.67. The first kappa shape index (κ1) is 22.9. The van der Waals surface area contributed by atoms with Gasteiger partial charge in [0.1, 0.15) is 17.7 Å². The number of fused-ring (bicyclic) bond motifs is 1. The van der Waals surface area contributed by atoms with Crippen molar-refractivity contribution in [3.8, 4) is 45.0 Å². The van der Waals surface area contributed by atoms with Crippen LogP contribution in [0.3, 0.4) is 0 Å². The van der Waals surface area contributed by atoms with Crippen LogP contribution in [0.4, 0.5) is 0 Å². The van der Waals surface area contributed by atoms with Crippen molar-refractivity contribution >= 4 is 11.0 Å². The minimum Gasteiger partial charge on any atom is -0.297 e. The van der Waals surface area contributed by atoms with Crippen molar-refractivity contribution < 1.29 is 0 Å². The lowest BCUT2D eigenvalue weighted by atomic mass is 9.95. The Morgan fingerprint density at radius 2 is 1.13 bits per heavy atom. The van der Waals surface area contributed by atoms with Gasteiger partial charge in [0.2, 0.25) is 0 Å². The highest BCUT2D eigenvalue weighted by atomic mass is 15.3. The Kier molecular flexibility index (Phi) is 5.60. The molecule has 0 aliphatic rings. The number of benzene rings is 5. The zero-order valence-corrected chi connectivity index (χ0v) is 21.4. The van der Waals surface area contributed by atoms with Crippen LogP contribution < -0.4 is 0 Å². The summed E-state index contributed by atoms with van der Waals surface area (Å²) in [6, 6.07) is 43.9. The molecule has 0 fully saturated rings. The van der Waals surface area contributed by atoms with E-state index < -0.39 is 0 Å². The summed E-state index contributed by atoms with van der Waals surface area (Å²) in [7, 11) is 0. The smallest absolute Gasteiger partial charge is 0.165 e.